The summed E-state index contributed by atoms with van der Waals surface area (Å²) in [5.74, 6) is -2.19. The topological polar surface area (TPSA) is 111 Å². The molecule has 0 aromatic heterocycles. The highest BCUT2D eigenvalue weighted by Crippen LogP contribution is 2.34. The maximum atomic E-state index is 13.2. The van der Waals surface area contributed by atoms with E-state index in [0.29, 0.717) is 22.5 Å². The van der Waals surface area contributed by atoms with Gasteiger partial charge in [0.1, 0.15) is 11.3 Å². The van der Waals surface area contributed by atoms with E-state index in [0.717, 1.165) is 24.3 Å². The molecule has 9 nitrogen and oxygen atoms in total. The number of rotatable bonds is 4. The molecule has 38 heavy (non-hydrogen) atoms. The van der Waals surface area contributed by atoms with Gasteiger partial charge in [-0.3, -0.25) is 14.9 Å². The van der Waals surface area contributed by atoms with Crippen LogP contribution < -0.4 is 24.4 Å². The second-order valence-electron chi connectivity index (χ2n) is 8.00. The minimum Gasteiger partial charge on any atom is -0.454 e. The van der Waals surface area contributed by atoms with Gasteiger partial charge in [-0.1, -0.05) is 24.3 Å². The number of imide groups is 2. The van der Waals surface area contributed by atoms with Gasteiger partial charge < -0.3 is 14.2 Å². The quantitative estimate of drug-likeness (QED) is 0.234. The van der Waals surface area contributed by atoms with E-state index < -0.39 is 41.1 Å². The number of hydrogen-bond donors (Lipinski definition) is 1. The van der Waals surface area contributed by atoms with Crippen molar-refractivity contribution in [3.63, 3.8) is 0 Å². The van der Waals surface area contributed by atoms with Crippen LogP contribution in [0.4, 0.5) is 23.7 Å². The molecule has 2 heterocycles. The number of anilines is 1. The summed E-state index contributed by atoms with van der Waals surface area (Å²) in [6, 6.07) is 12.7. The van der Waals surface area contributed by atoms with Crippen molar-refractivity contribution in [1.29, 1.82) is 0 Å². The Bertz CT molecular complexity index is 1530. The zero-order chi connectivity index (χ0) is 27.0. The molecule has 4 amide bonds. The predicted octanol–water partition coefficient (Wildman–Crippen LogP) is 4.32. The number of alkyl halides is 3. The number of carbonyl (C=O) groups is 4. The van der Waals surface area contributed by atoms with Crippen LogP contribution in [-0.2, 0) is 15.8 Å². The van der Waals surface area contributed by atoms with Gasteiger partial charge in [-0.2, -0.15) is 13.2 Å². The molecular formula is C26H15F3N2O7. The van der Waals surface area contributed by atoms with Crippen LogP contribution in [0.5, 0.6) is 17.2 Å². The third-order valence-corrected chi connectivity index (χ3v) is 5.56. The third kappa shape index (κ3) is 4.66. The number of amides is 4. The molecule has 2 aliphatic rings. The number of nitrogens with zero attached hydrogens (tertiary/aromatic N) is 1. The van der Waals surface area contributed by atoms with Crippen LogP contribution in [0.15, 0.2) is 72.3 Å². The molecule has 0 radical (unpaired) electrons. The fraction of sp³-hybridized carbons (Fsp3) is 0.0769. The van der Waals surface area contributed by atoms with E-state index in [9.17, 15) is 32.3 Å². The first-order chi connectivity index (χ1) is 18.1. The van der Waals surface area contributed by atoms with Crippen molar-refractivity contribution in [2.45, 2.75) is 6.18 Å². The molecule has 0 spiro atoms. The number of ether oxygens (including phenoxy) is 3. The Kier molecular flexibility index (Phi) is 6.07. The van der Waals surface area contributed by atoms with E-state index in [4.69, 9.17) is 14.2 Å². The average molecular weight is 524 g/mol. The van der Waals surface area contributed by atoms with Gasteiger partial charge in [-0.15, -0.1) is 0 Å². The molecule has 3 aromatic carbocycles. The molecule has 2 aliphatic heterocycles. The van der Waals surface area contributed by atoms with Crippen LogP contribution >= 0.6 is 0 Å². The van der Waals surface area contributed by atoms with Gasteiger partial charge in [0.2, 0.25) is 6.79 Å². The van der Waals surface area contributed by atoms with E-state index in [1.807, 2.05) is 5.32 Å². The number of nitrogens with one attached hydrogen (secondary N) is 1. The van der Waals surface area contributed by atoms with Gasteiger partial charge in [0, 0.05) is 5.56 Å². The highest BCUT2D eigenvalue weighted by molar-refractivity contribution is 6.39. The van der Waals surface area contributed by atoms with E-state index >= 15 is 0 Å². The Balaban J connectivity index is 1.45. The maximum absolute atomic E-state index is 13.2. The van der Waals surface area contributed by atoms with E-state index in [-0.39, 0.29) is 29.4 Å². The monoisotopic (exact) mass is 524 g/mol. The molecule has 0 aliphatic carbocycles. The number of urea groups is 1. The molecule has 0 unspecified atom stereocenters. The lowest BCUT2D eigenvalue weighted by Gasteiger charge is -2.27. The molecular weight excluding hydrogens is 509 g/mol. The Labute approximate surface area is 212 Å². The van der Waals surface area contributed by atoms with Gasteiger partial charge in [-0.25, -0.2) is 14.5 Å². The number of fused-ring (bicyclic) bond motifs is 1. The highest BCUT2D eigenvalue weighted by atomic mass is 19.4. The van der Waals surface area contributed by atoms with E-state index in [2.05, 4.69) is 0 Å². The maximum Gasteiger partial charge on any atom is 0.416 e. The predicted molar refractivity (Wildman–Crippen MR) is 124 cm³/mol. The fourth-order valence-electron chi connectivity index (χ4n) is 3.74. The number of esters is 1. The zero-order valence-corrected chi connectivity index (χ0v) is 19.1. The summed E-state index contributed by atoms with van der Waals surface area (Å²) in [6.07, 6.45) is -3.65. The zero-order valence-electron chi connectivity index (χ0n) is 19.1. The summed E-state index contributed by atoms with van der Waals surface area (Å²) in [5, 5.41) is 1.94. The second-order valence-corrected chi connectivity index (χ2v) is 8.00. The SMILES string of the molecule is O=C1NC(=O)N(c2cccc(C(F)(F)F)c2)C(=O)/C1=C\c1ccccc1OC(=O)c1ccc2c(c1)OCO2. The van der Waals surface area contributed by atoms with Gasteiger partial charge in [0.25, 0.3) is 11.8 Å². The minimum atomic E-state index is -4.72. The number of benzene rings is 3. The molecule has 0 atom stereocenters. The first-order valence-corrected chi connectivity index (χ1v) is 10.9. The molecule has 0 bridgehead atoms. The molecule has 1 N–H and O–H groups in total. The van der Waals surface area contributed by atoms with Crippen LogP contribution in [0.3, 0.4) is 0 Å². The van der Waals surface area contributed by atoms with Crippen LogP contribution in [0.1, 0.15) is 21.5 Å². The standard InChI is InChI=1S/C26H15F3N2O7/c27-26(28,29)16-5-3-6-17(12-16)31-23(33)18(22(32)30-25(31)35)10-14-4-1-2-7-19(14)38-24(34)15-8-9-20-21(11-15)37-13-36-20/h1-12H,13H2,(H,30,32,35)/b18-10-. The fourth-order valence-corrected chi connectivity index (χ4v) is 3.74. The summed E-state index contributed by atoms with van der Waals surface area (Å²) >= 11 is 0. The van der Waals surface area contributed by atoms with E-state index in [1.54, 1.807) is 12.1 Å². The largest absolute Gasteiger partial charge is 0.454 e. The smallest absolute Gasteiger partial charge is 0.416 e. The Morgan fingerprint density at radius 1 is 0.947 bits per heavy atom. The average Bonchev–Trinajstić information content (AvgIpc) is 3.35. The molecule has 3 aromatic rings. The number of carbonyl (C=O) groups excluding carboxylic acids is 4. The first kappa shape index (κ1) is 24.6. The molecule has 1 fully saturated rings. The summed E-state index contributed by atoms with van der Waals surface area (Å²) in [7, 11) is 0. The number of hydrogen-bond acceptors (Lipinski definition) is 7. The number of barbiturate groups is 1. The lowest BCUT2D eigenvalue weighted by atomic mass is 10.1. The lowest BCUT2D eigenvalue weighted by molar-refractivity contribution is -0.137. The van der Waals surface area contributed by atoms with Crippen LogP contribution in [0, 0.1) is 0 Å². The summed E-state index contributed by atoms with van der Waals surface area (Å²) in [6.45, 7) is 0.0142. The molecule has 192 valence electrons. The van der Waals surface area contributed by atoms with Gasteiger partial charge in [0.15, 0.2) is 11.5 Å². The van der Waals surface area contributed by atoms with Crippen LogP contribution in [-0.4, -0.2) is 30.6 Å². The van der Waals surface area contributed by atoms with Crippen molar-refractivity contribution in [2.24, 2.45) is 0 Å². The number of halogens is 3. The molecule has 12 heteroatoms. The van der Waals surface area contributed by atoms with Crippen molar-refractivity contribution in [3.05, 3.63) is 89.0 Å². The Morgan fingerprint density at radius 3 is 2.50 bits per heavy atom. The van der Waals surface area contributed by atoms with Crippen molar-refractivity contribution >= 4 is 35.6 Å². The van der Waals surface area contributed by atoms with Crippen molar-refractivity contribution in [2.75, 3.05) is 11.7 Å². The third-order valence-electron chi connectivity index (χ3n) is 5.56. The summed E-state index contributed by atoms with van der Waals surface area (Å²) in [5.41, 5.74) is -1.77. The van der Waals surface area contributed by atoms with Gasteiger partial charge in [-0.05, 0) is 48.5 Å². The van der Waals surface area contributed by atoms with Crippen molar-refractivity contribution in [1.82, 2.24) is 5.32 Å². The molecule has 5 rings (SSSR count). The number of para-hydroxylation sites is 1. The summed E-state index contributed by atoms with van der Waals surface area (Å²) in [4.78, 5) is 51.2. The molecule has 0 saturated carbocycles. The van der Waals surface area contributed by atoms with Crippen molar-refractivity contribution < 1.29 is 46.6 Å². The lowest BCUT2D eigenvalue weighted by Crippen LogP contribution is -2.54. The van der Waals surface area contributed by atoms with Gasteiger partial charge in [0.05, 0.1) is 16.8 Å². The molecule has 1 saturated heterocycles. The Hall–Kier alpha value is -5.13. The van der Waals surface area contributed by atoms with Crippen molar-refractivity contribution in [3.8, 4) is 17.2 Å². The van der Waals surface area contributed by atoms with Crippen LogP contribution in [0.2, 0.25) is 0 Å². The first-order valence-electron chi connectivity index (χ1n) is 10.9. The van der Waals surface area contributed by atoms with Gasteiger partial charge >= 0.3 is 18.2 Å². The Morgan fingerprint density at radius 2 is 1.71 bits per heavy atom. The highest BCUT2D eigenvalue weighted by Gasteiger charge is 2.38. The normalized spacial score (nSPS) is 16.0. The second kappa shape index (κ2) is 9.39. The van der Waals surface area contributed by atoms with Crippen LogP contribution in [0.25, 0.3) is 6.08 Å². The minimum absolute atomic E-state index is 0.0142. The van der Waals surface area contributed by atoms with E-state index in [1.165, 1.54) is 30.3 Å². The summed E-state index contributed by atoms with van der Waals surface area (Å²) < 4.78 is 55.4.